The molecular formula is C25H25N3O10S3. The smallest absolute Gasteiger partial charge is 0.341 e. The van der Waals surface area contributed by atoms with Crippen molar-refractivity contribution < 1.29 is 46.6 Å². The van der Waals surface area contributed by atoms with Crippen LogP contribution in [0.1, 0.15) is 37.6 Å². The Bertz CT molecular complexity index is 1750. The number of thiophene rings is 1. The van der Waals surface area contributed by atoms with Crippen LogP contribution in [0.5, 0.6) is 0 Å². The number of aromatic nitrogens is 1. The SMILES string of the molecule is COC(=O)Cn1c(=NC(=O)CS(=O)(=O)CC(=O)Nc2sc3c(c2C(=O)OC)CCC3)sc2cc(C(=O)OC)ccc21. The predicted molar refractivity (Wildman–Crippen MR) is 149 cm³/mol. The van der Waals surface area contributed by atoms with E-state index in [4.69, 9.17) is 14.2 Å². The van der Waals surface area contributed by atoms with Gasteiger partial charge in [-0.1, -0.05) is 11.3 Å². The zero-order valence-electron chi connectivity index (χ0n) is 22.2. The number of carbonyl (C=O) groups is 5. The Balaban J connectivity index is 1.55. The van der Waals surface area contributed by atoms with Gasteiger partial charge in [-0.3, -0.25) is 14.4 Å². The van der Waals surface area contributed by atoms with Gasteiger partial charge in [0.2, 0.25) is 5.91 Å². The molecule has 1 aliphatic rings. The summed E-state index contributed by atoms with van der Waals surface area (Å²) in [5.41, 5.74) is 1.68. The topological polar surface area (TPSA) is 176 Å². The molecule has 0 radical (unpaired) electrons. The average molecular weight is 624 g/mol. The Morgan fingerprint density at radius 2 is 1.71 bits per heavy atom. The Kier molecular flexibility index (Phi) is 9.04. The van der Waals surface area contributed by atoms with Gasteiger partial charge >= 0.3 is 17.9 Å². The number of anilines is 1. The van der Waals surface area contributed by atoms with Crippen LogP contribution in [0.2, 0.25) is 0 Å². The normalized spacial score (nSPS) is 13.1. The lowest BCUT2D eigenvalue weighted by Gasteiger charge is -2.07. The lowest BCUT2D eigenvalue weighted by atomic mass is 10.1. The van der Waals surface area contributed by atoms with Gasteiger partial charge in [0.15, 0.2) is 14.6 Å². The largest absolute Gasteiger partial charge is 0.468 e. The van der Waals surface area contributed by atoms with Crippen LogP contribution in [0, 0.1) is 0 Å². The van der Waals surface area contributed by atoms with E-state index in [-0.39, 0.29) is 27.5 Å². The Morgan fingerprint density at radius 1 is 0.976 bits per heavy atom. The van der Waals surface area contributed by atoms with Crippen molar-refractivity contribution in [2.75, 3.05) is 38.2 Å². The minimum atomic E-state index is -4.27. The number of fused-ring (bicyclic) bond motifs is 2. The van der Waals surface area contributed by atoms with Crippen molar-refractivity contribution >= 4 is 77.5 Å². The standard InChI is InChI=1S/C25H25N3O10S3/c1-36-20(31)10-28-15-8-7-13(23(32)37-2)9-17(15)40-25(28)27-19(30)12-41(34,35)11-18(29)26-22-21(24(33)38-3)14-5-4-6-16(14)39-22/h7-9H,4-6,10-12H2,1-3H3,(H,26,29). The van der Waals surface area contributed by atoms with E-state index in [2.05, 4.69) is 10.3 Å². The number of benzene rings is 1. The zero-order valence-corrected chi connectivity index (χ0v) is 24.6. The number of sulfone groups is 1. The number of thiazole rings is 1. The minimum absolute atomic E-state index is 0.00658. The molecule has 2 heterocycles. The molecule has 0 bridgehead atoms. The summed E-state index contributed by atoms with van der Waals surface area (Å²) in [7, 11) is -0.642. The first-order valence-corrected chi connectivity index (χ1v) is 15.5. The van der Waals surface area contributed by atoms with Crippen LogP contribution >= 0.6 is 22.7 Å². The highest BCUT2D eigenvalue weighted by Crippen LogP contribution is 2.39. The van der Waals surface area contributed by atoms with E-state index < -0.39 is 51.1 Å². The van der Waals surface area contributed by atoms with Gasteiger partial charge in [0, 0.05) is 4.88 Å². The second-order valence-corrected chi connectivity index (χ2v) is 13.0. The number of hydrogen-bond acceptors (Lipinski definition) is 12. The van der Waals surface area contributed by atoms with Gasteiger partial charge in [-0.05, 0) is 43.0 Å². The number of rotatable bonds is 9. The number of esters is 3. The quantitative estimate of drug-likeness (QED) is 0.271. The van der Waals surface area contributed by atoms with Gasteiger partial charge in [0.05, 0.1) is 42.7 Å². The van der Waals surface area contributed by atoms with E-state index in [1.807, 2.05) is 0 Å². The fourth-order valence-electron chi connectivity index (χ4n) is 4.30. The zero-order chi connectivity index (χ0) is 29.9. The number of hydrogen-bond donors (Lipinski definition) is 1. The van der Waals surface area contributed by atoms with Crippen molar-refractivity contribution in [3.63, 3.8) is 0 Å². The molecule has 2 amide bonds. The summed E-state index contributed by atoms with van der Waals surface area (Å²) in [6.45, 7) is -0.331. The molecule has 41 heavy (non-hydrogen) atoms. The summed E-state index contributed by atoms with van der Waals surface area (Å²) in [6, 6.07) is 4.50. The minimum Gasteiger partial charge on any atom is -0.468 e. The molecule has 0 atom stereocenters. The van der Waals surface area contributed by atoms with E-state index in [0.717, 1.165) is 34.6 Å². The fourth-order valence-corrected chi connectivity index (χ4v) is 7.69. The molecule has 1 aromatic carbocycles. The van der Waals surface area contributed by atoms with Gasteiger partial charge in [-0.15, -0.1) is 11.3 Å². The molecule has 218 valence electrons. The molecule has 0 saturated carbocycles. The first kappa shape index (κ1) is 30.1. The summed E-state index contributed by atoms with van der Waals surface area (Å²) in [4.78, 5) is 66.4. The van der Waals surface area contributed by atoms with E-state index in [1.54, 1.807) is 0 Å². The van der Waals surface area contributed by atoms with Gasteiger partial charge in [0.25, 0.3) is 5.91 Å². The first-order chi connectivity index (χ1) is 19.5. The third-order valence-electron chi connectivity index (χ3n) is 6.10. The van der Waals surface area contributed by atoms with Crippen LogP contribution < -0.4 is 10.1 Å². The molecule has 0 spiro atoms. The van der Waals surface area contributed by atoms with Crippen molar-refractivity contribution in [2.45, 2.75) is 25.8 Å². The first-order valence-electron chi connectivity index (χ1n) is 12.1. The fraction of sp³-hybridized carbons (Fsp3) is 0.360. The van der Waals surface area contributed by atoms with Gasteiger partial charge < -0.3 is 24.1 Å². The molecule has 16 heteroatoms. The third kappa shape index (κ3) is 6.71. The van der Waals surface area contributed by atoms with Crippen LogP contribution in [0.4, 0.5) is 5.00 Å². The number of nitrogens with zero attached hydrogens (tertiary/aromatic N) is 2. The van der Waals surface area contributed by atoms with E-state index in [1.165, 1.54) is 55.4 Å². The number of ether oxygens (including phenoxy) is 3. The van der Waals surface area contributed by atoms with Crippen molar-refractivity contribution in [3.8, 4) is 0 Å². The molecule has 2 aromatic heterocycles. The predicted octanol–water partition coefficient (Wildman–Crippen LogP) is 1.48. The van der Waals surface area contributed by atoms with E-state index >= 15 is 0 Å². The lowest BCUT2D eigenvalue weighted by molar-refractivity contribution is -0.141. The summed E-state index contributed by atoms with van der Waals surface area (Å²) >= 11 is 2.14. The number of nitrogens with one attached hydrogen (secondary N) is 1. The summed E-state index contributed by atoms with van der Waals surface area (Å²) in [5.74, 6) is -5.95. The monoisotopic (exact) mass is 623 g/mol. The van der Waals surface area contributed by atoms with E-state index in [0.29, 0.717) is 16.6 Å². The molecule has 0 aliphatic heterocycles. The highest BCUT2D eigenvalue weighted by Gasteiger charge is 2.29. The number of carbonyl (C=O) groups excluding carboxylic acids is 5. The van der Waals surface area contributed by atoms with Crippen LogP contribution in [0.3, 0.4) is 0 Å². The van der Waals surface area contributed by atoms with Gasteiger partial charge in [-0.2, -0.15) is 4.99 Å². The summed E-state index contributed by atoms with van der Waals surface area (Å²) < 4.78 is 41.5. The summed E-state index contributed by atoms with van der Waals surface area (Å²) in [5, 5.41) is 2.68. The van der Waals surface area contributed by atoms with Gasteiger partial charge in [0.1, 0.15) is 23.1 Å². The van der Waals surface area contributed by atoms with Gasteiger partial charge in [-0.25, -0.2) is 18.0 Å². The Morgan fingerprint density at radius 3 is 2.39 bits per heavy atom. The lowest BCUT2D eigenvalue weighted by Crippen LogP contribution is -2.29. The second-order valence-electron chi connectivity index (χ2n) is 8.86. The highest BCUT2D eigenvalue weighted by atomic mass is 32.2. The molecule has 0 fully saturated rings. The number of amides is 2. The molecule has 0 unspecified atom stereocenters. The molecule has 4 rings (SSSR count). The third-order valence-corrected chi connectivity index (χ3v) is 9.73. The number of aryl methyl sites for hydroxylation is 1. The second kappa shape index (κ2) is 12.3. The summed E-state index contributed by atoms with van der Waals surface area (Å²) in [6.07, 6.45) is 2.26. The molecule has 1 aliphatic carbocycles. The van der Waals surface area contributed by atoms with Crippen LogP contribution in [-0.2, 0) is 57.8 Å². The maximum atomic E-state index is 12.7. The van der Waals surface area contributed by atoms with Crippen LogP contribution in [0.25, 0.3) is 10.2 Å². The number of methoxy groups -OCH3 is 3. The molecule has 0 saturated heterocycles. The van der Waals surface area contributed by atoms with Crippen LogP contribution in [0.15, 0.2) is 23.2 Å². The Hall–Kier alpha value is -3.89. The average Bonchev–Trinajstić information content (AvgIpc) is 3.59. The van der Waals surface area contributed by atoms with Crippen molar-refractivity contribution in [1.82, 2.24) is 4.57 Å². The maximum Gasteiger partial charge on any atom is 0.341 e. The molecule has 13 nitrogen and oxygen atoms in total. The van der Waals surface area contributed by atoms with Crippen molar-refractivity contribution in [1.29, 1.82) is 0 Å². The molecular weight excluding hydrogens is 598 g/mol. The highest BCUT2D eigenvalue weighted by molar-refractivity contribution is 7.92. The maximum absolute atomic E-state index is 12.7. The molecule has 3 aromatic rings. The van der Waals surface area contributed by atoms with Crippen molar-refractivity contribution in [3.05, 3.63) is 44.6 Å². The Labute approximate surface area is 241 Å². The van der Waals surface area contributed by atoms with Crippen molar-refractivity contribution in [2.24, 2.45) is 4.99 Å². The van der Waals surface area contributed by atoms with Crippen LogP contribution in [-0.4, -0.2) is 75.5 Å². The van der Waals surface area contributed by atoms with E-state index in [9.17, 15) is 32.4 Å². The molecule has 1 N–H and O–H groups in total.